The van der Waals surface area contributed by atoms with Gasteiger partial charge in [-0.25, -0.2) is 0 Å². The molecule has 0 aliphatic heterocycles. The summed E-state index contributed by atoms with van der Waals surface area (Å²) in [7, 11) is 0. The SMILES string of the molecule is CCc1ccc(-c2ccc(C)c(C(F)(F)F)c2)cc1C(F)(F)F. The molecule has 0 aliphatic rings. The predicted octanol–water partition coefficient (Wildman–Crippen LogP) is 6.26. The van der Waals surface area contributed by atoms with Crippen molar-refractivity contribution in [1.29, 1.82) is 0 Å². The molecular formula is C17H14F6. The summed E-state index contributed by atoms with van der Waals surface area (Å²) in [5, 5.41) is 0. The van der Waals surface area contributed by atoms with Crippen molar-refractivity contribution >= 4 is 0 Å². The fourth-order valence-corrected chi connectivity index (χ4v) is 2.44. The minimum atomic E-state index is -4.55. The molecule has 0 amide bonds. The Morgan fingerprint density at radius 3 is 1.70 bits per heavy atom. The summed E-state index contributed by atoms with van der Waals surface area (Å²) in [6.45, 7) is 2.91. The first kappa shape index (κ1) is 17.4. The molecule has 124 valence electrons. The van der Waals surface area contributed by atoms with Gasteiger partial charge in [-0.2, -0.15) is 26.3 Å². The third kappa shape index (κ3) is 3.68. The summed E-state index contributed by atoms with van der Waals surface area (Å²) in [5.41, 5.74) is -1.29. The van der Waals surface area contributed by atoms with E-state index in [2.05, 4.69) is 0 Å². The zero-order valence-electron chi connectivity index (χ0n) is 12.4. The van der Waals surface area contributed by atoms with E-state index in [1.54, 1.807) is 6.92 Å². The molecule has 0 aromatic heterocycles. The fourth-order valence-electron chi connectivity index (χ4n) is 2.44. The molecule has 0 unspecified atom stereocenters. The number of aryl methyl sites for hydroxylation is 2. The predicted molar refractivity (Wildman–Crippen MR) is 76.0 cm³/mol. The van der Waals surface area contributed by atoms with E-state index >= 15 is 0 Å². The summed E-state index contributed by atoms with van der Waals surface area (Å²) in [6.07, 6.45) is -8.90. The van der Waals surface area contributed by atoms with E-state index in [0.29, 0.717) is 0 Å². The van der Waals surface area contributed by atoms with Gasteiger partial charge in [-0.1, -0.05) is 31.2 Å². The first-order chi connectivity index (χ1) is 10.5. The smallest absolute Gasteiger partial charge is 0.166 e. The fraction of sp³-hybridized carbons (Fsp3) is 0.294. The Morgan fingerprint density at radius 2 is 1.22 bits per heavy atom. The molecule has 2 aromatic rings. The molecule has 0 bridgehead atoms. The minimum Gasteiger partial charge on any atom is -0.166 e. The molecule has 0 fully saturated rings. The number of benzene rings is 2. The van der Waals surface area contributed by atoms with Crippen molar-refractivity contribution in [2.45, 2.75) is 32.6 Å². The van der Waals surface area contributed by atoms with Crippen molar-refractivity contribution < 1.29 is 26.3 Å². The molecule has 0 radical (unpaired) electrons. The van der Waals surface area contributed by atoms with Gasteiger partial charge in [-0.05, 0) is 47.7 Å². The van der Waals surface area contributed by atoms with E-state index in [9.17, 15) is 26.3 Å². The Balaban J connectivity index is 2.60. The van der Waals surface area contributed by atoms with Crippen LogP contribution in [-0.2, 0) is 18.8 Å². The van der Waals surface area contributed by atoms with E-state index in [-0.39, 0.29) is 28.7 Å². The van der Waals surface area contributed by atoms with Crippen LogP contribution in [0, 0.1) is 6.92 Å². The van der Waals surface area contributed by atoms with Gasteiger partial charge in [-0.15, -0.1) is 0 Å². The van der Waals surface area contributed by atoms with E-state index < -0.39 is 23.5 Å². The first-order valence-corrected chi connectivity index (χ1v) is 6.92. The Hall–Kier alpha value is -1.98. The highest BCUT2D eigenvalue weighted by Gasteiger charge is 2.34. The molecule has 0 aliphatic carbocycles. The highest BCUT2D eigenvalue weighted by Crippen LogP contribution is 2.38. The molecule has 0 atom stereocenters. The van der Waals surface area contributed by atoms with Crippen LogP contribution < -0.4 is 0 Å². The van der Waals surface area contributed by atoms with Crippen LogP contribution in [-0.4, -0.2) is 0 Å². The van der Waals surface area contributed by atoms with Crippen molar-refractivity contribution in [3.63, 3.8) is 0 Å². The molecule has 0 saturated carbocycles. The second-order valence-electron chi connectivity index (χ2n) is 5.25. The third-order valence-electron chi connectivity index (χ3n) is 3.67. The van der Waals surface area contributed by atoms with E-state index in [1.165, 1.54) is 31.2 Å². The van der Waals surface area contributed by atoms with Gasteiger partial charge in [0.1, 0.15) is 0 Å². The second kappa shape index (κ2) is 5.91. The van der Waals surface area contributed by atoms with E-state index in [4.69, 9.17) is 0 Å². The highest BCUT2D eigenvalue weighted by atomic mass is 19.4. The summed E-state index contributed by atoms with van der Waals surface area (Å²) >= 11 is 0. The summed E-state index contributed by atoms with van der Waals surface area (Å²) in [6, 6.07) is 7.18. The Bertz CT molecular complexity index is 710. The topological polar surface area (TPSA) is 0 Å². The number of hydrogen-bond donors (Lipinski definition) is 0. The lowest BCUT2D eigenvalue weighted by atomic mass is 9.95. The van der Waals surface area contributed by atoms with Gasteiger partial charge in [0.25, 0.3) is 0 Å². The van der Waals surface area contributed by atoms with Crippen LogP contribution in [0.5, 0.6) is 0 Å². The number of rotatable bonds is 2. The summed E-state index contributed by atoms with van der Waals surface area (Å²) < 4.78 is 78.1. The first-order valence-electron chi connectivity index (χ1n) is 6.92. The van der Waals surface area contributed by atoms with Crippen LogP contribution in [0.25, 0.3) is 11.1 Å². The maximum absolute atomic E-state index is 13.1. The lowest BCUT2D eigenvalue weighted by Gasteiger charge is -2.15. The van der Waals surface area contributed by atoms with Gasteiger partial charge in [0, 0.05) is 0 Å². The molecule has 2 rings (SSSR count). The van der Waals surface area contributed by atoms with Crippen molar-refractivity contribution in [2.75, 3.05) is 0 Å². The van der Waals surface area contributed by atoms with E-state index in [0.717, 1.165) is 12.1 Å². The Labute approximate surface area is 129 Å². The number of halogens is 6. The van der Waals surface area contributed by atoms with Crippen molar-refractivity contribution in [2.24, 2.45) is 0 Å². The lowest BCUT2D eigenvalue weighted by molar-refractivity contribution is -0.139. The maximum atomic E-state index is 13.1. The largest absolute Gasteiger partial charge is 0.416 e. The molecule has 6 heteroatoms. The van der Waals surface area contributed by atoms with Gasteiger partial charge in [0.2, 0.25) is 0 Å². The maximum Gasteiger partial charge on any atom is 0.416 e. The second-order valence-corrected chi connectivity index (χ2v) is 5.25. The van der Waals surface area contributed by atoms with Crippen LogP contribution in [0.2, 0.25) is 0 Å². The lowest BCUT2D eigenvalue weighted by Crippen LogP contribution is -2.09. The molecule has 0 spiro atoms. The quantitative estimate of drug-likeness (QED) is 0.569. The van der Waals surface area contributed by atoms with Gasteiger partial charge in [0.05, 0.1) is 11.1 Å². The zero-order chi connectivity index (χ0) is 17.4. The average Bonchev–Trinajstić information content (AvgIpc) is 2.45. The third-order valence-corrected chi connectivity index (χ3v) is 3.67. The number of hydrogen-bond acceptors (Lipinski definition) is 0. The minimum absolute atomic E-state index is 0.0301. The standard InChI is InChI=1S/C17H14F6/c1-3-11-6-7-13(9-15(11)17(21,22)23)12-5-4-10(2)14(8-12)16(18,19)20/h4-9H,3H2,1-2H3. The highest BCUT2D eigenvalue weighted by molar-refractivity contribution is 5.67. The monoisotopic (exact) mass is 332 g/mol. The van der Waals surface area contributed by atoms with Crippen LogP contribution in [0.3, 0.4) is 0 Å². The molecule has 0 nitrogen and oxygen atoms in total. The van der Waals surface area contributed by atoms with Gasteiger partial charge in [-0.3, -0.25) is 0 Å². The van der Waals surface area contributed by atoms with Crippen LogP contribution in [0.4, 0.5) is 26.3 Å². The van der Waals surface area contributed by atoms with Crippen molar-refractivity contribution in [3.05, 3.63) is 58.7 Å². The Morgan fingerprint density at radius 1 is 0.739 bits per heavy atom. The van der Waals surface area contributed by atoms with Crippen LogP contribution >= 0.6 is 0 Å². The van der Waals surface area contributed by atoms with Crippen molar-refractivity contribution in [1.82, 2.24) is 0 Å². The molecule has 23 heavy (non-hydrogen) atoms. The van der Waals surface area contributed by atoms with Crippen molar-refractivity contribution in [3.8, 4) is 11.1 Å². The molecule has 0 heterocycles. The normalized spacial score (nSPS) is 12.5. The molecular weight excluding hydrogens is 318 g/mol. The summed E-state index contributed by atoms with van der Waals surface area (Å²) in [5.74, 6) is 0. The van der Waals surface area contributed by atoms with E-state index in [1.807, 2.05) is 0 Å². The molecule has 0 saturated heterocycles. The molecule has 2 aromatic carbocycles. The van der Waals surface area contributed by atoms with Gasteiger partial charge in [0.15, 0.2) is 0 Å². The summed E-state index contributed by atoms with van der Waals surface area (Å²) in [4.78, 5) is 0. The Kier molecular flexibility index (Phi) is 4.46. The van der Waals surface area contributed by atoms with Crippen LogP contribution in [0.1, 0.15) is 29.2 Å². The van der Waals surface area contributed by atoms with Gasteiger partial charge < -0.3 is 0 Å². The number of alkyl halides is 6. The van der Waals surface area contributed by atoms with Gasteiger partial charge >= 0.3 is 12.4 Å². The molecule has 0 N–H and O–H groups in total. The average molecular weight is 332 g/mol. The van der Waals surface area contributed by atoms with Crippen LogP contribution in [0.15, 0.2) is 36.4 Å². The zero-order valence-corrected chi connectivity index (χ0v) is 12.4.